The maximum Gasteiger partial charge on any atom is 0.0543 e. The van der Waals surface area contributed by atoms with Gasteiger partial charge in [0.05, 0.1) is 28.1 Å². The van der Waals surface area contributed by atoms with Crippen molar-refractivity contribution in [3.8, 4) is 39.1 Å². The van der Waals surface area contributed by atoms with E-state index in [4.69, 9.17) is 0 Å². The summed E-state index contributed by atoms with van der Waals surface area (Å²) in [6.07, 6.45) is 0. The fraction of sp³-hybridized carbons (Fsp3) is 0.121. The predicted octanol–water partition coefficient (Wildman–Crippen LogP) is 18.7. The lowest BCUT2D eigenvalue weighted by atomic mass is 9.84. The standard InChI is InChI=1S/C66H54N2/c1-65(2,3)50-31-34-53(45-22-14-9-15-23-45)62(42-50)67(52-39-49(44-20-12-8-13-21-44)38-51(41-52)66(4,5)6)59-35-28-46-27-33-56-60(36-29-47-26-32-55(59)63(46)64(47)56)68-58-25-17-16-24-54(58)57-40-48(30-37-61(57)68)43-18-10-7-11-19-43/h7-42H,1-6H3. The first-order valence-corrected chi connectivity index (χ1v) is 24.0. The highest BCUT2D eigenvalue weighted by atomic mass is 15.1. The molecule has 0 aliphatic heterocycles. The number of nitrogens with zero attached hydrogens (tertiary/aromatic N) is 2. The molecule has 0 spiro atoms. The molecule has 0 saturated carbocycles. The van der Waals surface area contributed by atoms with Gasteiger partial charge in [-0.1, -0.05) is 211 Å². The Morgan fingerprint density at radius 1 is 0.338 bits per heavy atom. The molecule has 2 nitrogen and oxygen atoms in total. The van der Waals surface area contributed by atoms with E-state index in [0.717, 1.165) is 17.1 Å². The maximum atomic E-state index is 2.57. The van der Waals surface area contributed by atoms with Crippen LogP contribution in [0.5, 0.6) is 0 Å². The molecule has 2 heteroatoms. The highest BCUT2D eigenvalue weighted by Gasteiger charge is 2.27. The van der Waals surface area contributed by atoms with Gasteiger partial charge in [-0.15, -0.1) is 0 Å². The second kappa shape index (κ2) is 15.9. The molecule has 12 rings (SSSR count). The van der Waals surface area contributed by atoms with Crippen molar-refractivity contribution in [1.82, 2.24) is 4.57 Å². The fourth-order valence-electron chi connectivity index (χ4n) is 10.6. The van der Waals surface area contributed by atoms with Gasteiger partial charge in [0.1, 0.15) is 0 Å². The number of fused-ring (bicyclic) bond motifs is 3. The molecular formula is C66H54N2. The minimum atomic E-state index is -0.101. The van der Waals surface area contributed by atoms with Crippen LogP contribution in [0.25, 0.3) is 93.2 Å². The Hall–Kier alpha value is -7.94. The van der Waals surface area contributed by atoms with Crippen molar-refractivity contribution >= 4 is 71.2 Å². The number of hydrogen-bond acceptors (Lipinski definition) is 1. The van der Waals surface area contributed by atoms with Crippen molar-refractivity contribution in [2.45, 2.75) is 52.4 Å². The average Bonchev–Trinajstić information content (AvgIpc) is 3.69. The van der Waals surface area contributed by atoms with Crippen molar-refractivity contribution in [3.05, 3.63) is 230 Å². The van der Waals surface area contributed by atoms with Crippen molar-refractivity contribution in [1.29, 1.82) is 0 Å². The van der Waals surface area contributed by atoms with E-state index in [1.165, 1.54) is 104 Å². The smallest absolute Gasteiger partial charge is 0.0543 e. The summed E-state index contributed by atoms with van der Waals surface area (Å²) in [4.78, 5) is 2.57. The predicted molar refractivity (Wildman–Crippen MR) is 293 cm³/mol. The van der Waals surface area contributed by atoms with E-state index < -0.39 is 0 Å². The summed E-state index contributed by atoms with van der Waals surface area (Å²) in [6, 6.07) is 81.5. The number of para-hydroxylation sites is 1. The molecule has 0 aliphatic rings. The van der Waals surface area contributed by atoms with E-state index in [1.807, 2.05) is 0 Å². The molecule has 0 aliphatic carbocycles. The zero-order valence-electron chi connectivity index (χ0n) is 39.7. The van der Waals surface area contributed by atoms with Crippen LogP contribution in [-0.2, 0) is 10.8 Å². The summed E-state index contributed by atoms with van der Waals surface area (Å²) >= 11 is 0. The van der Waals surface area contributed by atoms with Crippen LogP contribution in [0.2, 0.25) is 0 Å². The van der Waals surface area contributed by atoms with Crippen LogP contribution in [-0.4, -0.2) is 4.57 Å². The van der Waals surface area contributed by atoms with Crippen LogP contribution in [0, 0.1) is 0 Å². The topological polar surface area (TPSA) is 8.17 Å². The van der Waals surface area contributed by atoms with Gasteiger partial charge in [0.25, 0.3) is 0 Å². The van der Waals surface area contributed by atoms with Crippen LogP contribution in [0.4, 0.5) is 17.1 Å². The summed E-state index contributed by atoms with van der Waals surface area (Å²) < 4.78 is 2.49. The van der Waals surface area contributed by atoms with Crippen LogP contribution >= 0.6 is 0 Å². The Balaban J connectivity index is 1.15. The van der Waals surface area contributed by atoms with E-state index >= 15 is 0 Å². The molecule has 0 amide bonds. The lowest BCUT2D eigenvalue weighted by molar-refractivity contribution is 0.590. The normalized spacial score (nSPS) is 12.3. The molecule has 328 valence electrons. The van der Waals surface area contributed by atoms with Gasteiger partial charge in [-0.3, -0.25) is 0 Å². The lowest BCUT2D eigenvalue weighted by Crippen LogP contribution is -2.17. The fourth-order valence-corrected chi connectivity index (χ4v) is 10.6. The van der Waals surface area contributed by atoms with Gasteiger partial charge in [-0.2, -0.15) is 0 Å². The molecule has 0 saturated heterocycles. The van der Waals surface area contributed by atoms with Gasteiger partial charge >= 0.3 is 0 Å². The minimum absolute atomic E-state index is 0.0763. The molecule has 0 bridgehead atoms. The summed E-state index contributed by atoms with van der Waals surface area (Å²) in [5, 5.41) is 9.99. The molecule has 0 N–H and O–H groups in total. The van der Waals surface area contributed by atoms with Gasteiger partial charge in [0, 0.05) is 32.8 Å². The molecule has 12 aromatic rings. The third-order valence-corrected chi connectivity index (χ3v) is 14.2. The van der Waals surface area contributed by atoms with Gasteiger partial charge in [-0.25, -0.2) is 0 Å². The number of aromatic nitrogens is 1. The summed E-state index contributed by atoms with van der Waals surface area (Å²) in [5.41, 5.74) is 16.7. The Morgan fingerprint density at radius 3 is 1.60 bits per heavy atom. The van der Waals surface area contributed by atoms with Crippen LogP contribution in [0.1, 0.15) is 52.7 Å². The van der Waals surface area contributed by atoms with Crippen LogP contribution in [0.15, 0.2) is 218 Å². The Morgan fingerprint density at radius 2 is 0.912 bits per heavy atom. The molecular weight excluding hydrogens is 821 g/mol. The number of hydrogen-bond donors (Lipinski definition) is 0. The summed E-state index contributed by atoms with van der Waals surface area (Å²) in [7, 11) is 0. The third-order valence-electron chi connectivity index (χ3n) is 14.2. The van der Waals surface area contributed by atoms with Gasteiger partial charge in [-0.05, 0) is 120 Å². The molecule has 68 heavy (non-hydrogen) atoms. The molecule has 11 aromatic carbocycles. The molecule has 1 aromatic heterocycles. The Bertz CT molecular complexity index is 3850. The summed E-state index contributed by atoms with van der Waals surface area (Å²) in [5.74, 6) is 0. The van der Waals surface area contributed by atoms with Crippen molar-refractivity contribution < 1.29 is 0 Å². The van der Waals surface area contributed by atoms with E-state index in [1.54, 1.807) is 0 Å². The number of benzene rings is 11. The van der Waals surface area contributed by atoms with Gasteiger partial charge in [0.2, 0.25) is 0 Å². The van der Waals surface area contributed by atoms with Crippen molar-refractivity contribution in [2.75, 3.05) is 4.90 Å². The lowest BCUT2D eigenvalue weighted by Gasteiger charge is -2.33. The highest BCUT2D eigenvalue weighted by molar-refractivity contribution is 6.27. The first-order chi connectivity index (χ1) is 33.0. The average molecular weight is 875 g/mol. The quantitative estimate of drug-likeness (QED) is 0.145. The first kappa shape index (κ1) is 41.5. The molecule has 1 heterocycles. The van der Waals surface area contributed by atoms with Gasteiger partial charge in [0.15, 0.2) is 0 Å². The molecule has 0 unspecified atom stereocenters. The largest absolute Gasteiger partial charge is 0.309 e. The van der Waals surface area contributed by atoms with Crippen molar-refractivity contribution in [3.63, 3.8) is 0 Å². The zero-order valence-corrected chi connectivity index (χ0v) is 39.7. The van der Waals surface area contributed by atoms with Gasteiger partial charge < -0.3 is 9.47 Å². The molecule has 0 fully saturated rings. The molecule has 0 radical (unpaired) electrons. The maximum absolute atomic E-state index is 2.57. The summed E-state index contributed by atoms with van der Waals surface area (Å²) in [6.45, 7) is 13.9. The minimum Gasteiger partial charge on any atom is -0.309 e. The second-order valence-corrected chi connectivity index (χ2v) is 20.6. The highest BCUT2D eigenvalue weighted by Crippen LogP contribution is 2.50. The zero-order chi connectivity index (χ0) is 46.3. The Labute approximate surface area is 399 Å². The van der Waals surface area contributed by atoms with Crippen molar-refractivity contribution in [2.24, 2.45) is 0 Å². The number of rotatable bonds is 7. The molecule has 0 atom stereocenters. The first-order valence-electron chi connectivity index (χ1n) is 24.0. The number of anilines is 3. The monoisotopic (exact) mass is 874 g/mol. The van der Waals surface area contributed by atoms with E-state index in [9.17, 15) is 0 Å². The van der Waals surface area contributed by atoms with E-state index in [-0.39, 0.29) is 10.8 Å². The second-order valence-electron chi connectivity index (χ2n) is 20.6. The van der Waals surface area contributed by atoms with Crippen LogP contribution in [0.3, 0.4) is 0 Å². The third kappa shape index (κ3) is 6.94. The Kier molecular flexibility index (Phi) is 9.67. The van der Waals surface area contributed by atoms with E-state index in [0.29, 0.717) is 0 Å². The van der Waals surface area contributed by atoms with Crippen LogP contribution < -0.4 is 4.90 Å². The SMILES string of the molecule is CC(C)(C)c1cc(-c2ccccc2)cc(N(c2cc(C(C)(C)C)ccc2-c2ccccc2)c2ccc3ccc4c(-n5c6ccccc6c6cc(-c7ccccc7)ccc65)ccc5ccc2c3c54)c1. The van der Waals surface area contributed by atoms with E-state index in [2.05, 4.69) is 269 Å².